The summed E-state index contributed by atoms with van der Waals surface area (Å²) in [5.74, 6) is 0.570. The molecule has 0 amide bonds. The van der Waals surface area contributed by atoms with E-state index in [1.807, 2.05) is 42.8 Å². The first-order valence-corrected chi connectivity index (χ1v) is 8.89. The van der Waals surface area contributed by atoms with E-state index in [-0.39, 0.29) is 17.8 Å². The van der Waals surface area contributed by atoms with Gasteiger partial charge in [0, 0.05) is 36.2 Å². The molecule has 0 atom stereocenters. The highest BCUT2D eigenvalue weighted by molar-refractivity contribution is 6.30. The Hall–Kier alpha value is -3.06. The van der Waals surface area contributed by atoms with E-state index in [9.17, 15) is 9.59 Å². The summed E-state index contributed by atoms with van der Waals surface area (Å²) >= 11 is 6.00. The second-order valence-electron chi connectivity index (χ2n) is 6.36. The molecule has 0 aliphatic carbocycles. The zero-order valence-corrected chi connectivity index (χ0v) is 15.9. The summed E-state index contributed by atoms with van der Waals surface area (Å²) in [7, 11) is 1.63. The number of aryl methyl sites for hydroxylation is 2. The molecule has 0 saturated heterocycles. The lowest BCUT2D eigenvalue weighted by atomic mass is 10.3. The Morgan fingerprint density at radius 1 is 1.19 bits per heavy atom. The molecule has 138 valence electrons. The Labute approximate surface area is 159 Å². The van der Waals surface area contributed by atoms with Gasteiger partial charge in [0.15, 0.2) is 11.2 Å². The molecule has 0 radical (unpaired) electrons. The molecule has 8 heteroatoms. The Bertz CT molecular complexity index is 1320. The van der Waals surface area contributed by atoms with Crippen LogP contribution in [0.1, 0.15) is 12.6 Å². The molecule has 0 saturated carbocycles. The van der Waals surface area contributed by atoms with Gasteiger partial charge in [-0.1, -0.05) is 23.8 Å². The van der Waals surface area contributed by atoms with Crippen LogP contribution in [-0.4, -0.2) is 23.1 Å². The predicted octanol–water partition coefficient (Wildman–Crippen LogP) is 2.68. The largest absolute Gasteiger partial charge is 0.332 e. The van der Waals surface area contributed by atoms with Gasteiger partial charge in [-0.2, -0.15) is 4.98 Å². The van der Waals surface area contributed by atoms with Gasteiger partial charge in [0.2, 0.25) is 5.78 Å². The average molecular weight is 384 g/mol. The third-order valence-corrected chi connectivity index (χ3v) is 4.89. The van der Waals surface area contributed by atoms with Gasteiger partial charge in [-0.25, -0.2) is 4.79 Å². The smallest absolute Gasteiger partial charge is 0.283 e. The lowest BCUT2D eigenvalue weighted by Crippen LogP contribution is -2.39. The van der Waals surface area contributed by atoms with Crippen LogP contribution in [0, 0.1) is 6.92 Å². The fourth-order valence-electron chi connectivity index (χ4n) is 3.29. The van der Waals surface area contributed by atoms with Gasteiger partial charge < -0.3 is 0 Å². The van der Waals surface area contributed by atoms with E-state index in [0.717, 1.165) is 11.4 Å². The Balaban J connectivity index is 2.10. The number of allylic oxidation sites excluding steroid dienone is 2. The van der Waals surface area contributed by atoms with E-state index >= 15 is 0 Å². The predicted molar refractivity (Wildman–Crippen MR) is 106 cm³/mol. The molecule has 0 aliphatic heterocycles. The summed E-state index contributed by atoms with van der Waals surface area (Å²) in [4.78, 5) is 30.2. The number of hydrogen-bond acceptors (Lipinski definition) is 3. The molecular weight excluding hydrogens is 366 g/mol. The number of imidazole rings is 2. The van der Waals surface area contributed by atoms with Crippen LogP contribution < -0.4 is 11.2 Å². The average Bonchev–Trinajstić information content (AvgIpc) is 3.15. The molecule has 3 aromatic heterocycles. The highest BCUT2D eigenvalue weighted by Gasteiger charge is 2.20. The first-order valence-electron chi connectivity index (χ1n) is 8.51. The fraction of sp³-hybridized carbons (Fsp3) is 0.211. The molecule has 0 unspecified atom stereocenters. The summed E-state index contributed by atoms with van der Waals surface area (Å²) in [6, 6.07) is 7.38. The number of halogens is 1. The van der Waals surface area contributed by atoms with Crippen LogP contribution in [0.3, 0.4) is 0 Å². The van der Waals surface area contributed by atoms with Crippen LogP contribution in [0.4, 0.5) is 0 Å². The maximum absolute atomic E-state index is 13.0. The maximum atomic E-state index is 13.0. The second kappa shape index (κ2) is 6.28. The van der Waals surface area contributed by atoms with Crippen LogP contribution in [0.2, 0.25) is 5.02 Å². The minimum Gasteiger partial charge on any atom is -0.283 e. The van der Waals surface area contributed by atoms with Crippen molar-refractivity contribution in [2.75, 3.05) is 0 Å². The Kier molecular flexibility index (Phi) is 4.04. The molecule has 3 heterocycles. The fourth-order valence-corrected chi connectivity index (χ4v) is 3.42. The highest BCUT2D eigenvalue weighted by Crippen LogP contribution is 2.22. The van der Waals surface area contributed by atoms with E-state index in [2.05, 4.69) is 4.98 Å². The van der Waals surface area contributed by atoms with Gasteiger partial charge in [-0.15, -0.1) is 0 Å². The van der Waals surface area contributed by atoms with Crippen molar-refractivity contribution in [3.05, 3.63) is 74.2 Å². The zero-order chi connectivity index (χ0) is 19.3. The van der Waals surface area contributed by atoms with E-state index < -0.39 is 0 Å². The summed E-state index contributed by atoms with van der Waals surface area (Å²) in [6.45, 7) is 4.01. The quantitative estimate of drug-likeness (QED) is 0.511. The van der Waals surface area contributed by atoms with Crippen molar-refractivity contribution in [1.29, 1.82) is 0 Å². The minimum atomic E-state index is -0.388. The van der Waals surface area contributed by atoms with Gasteiger partial charge in [-0.3, -0.25) is 22.9 Å². The van der Waals surface area contributed by atoms with Crippen molar-refractivity contribution in [1.82, 2.24) is 23.1 Å². The van der Waals surface area contributed by atoms with Gasteiger partial charge in [-0.05, 0) is 38.1 Å². The van der Waals surface area contributed by atoms with E-state index in [0.29, 0.717) is 22.0 Å². The van der Waals surface area contributed by atoms with Crippen molar-refractivity contribution in [3.63, 3.8) is 0 Å². The number of nitrogens with zero attached hydrogens (tertiary/aromatic N) is 5. The van der Waals surface area contributed by atoms with Crippen molar-refractivity contribution < 1.29 is 0 Å². The summed E-state index contributed by atoms with van der Waals surface area (Å²) in [5.41, 5.74) is 1.79. The molecule has 4 rings (SSSR count). The first-order chi connectivity index (χ1) is 12.9. The Morgan fingerprint density at radius 3 is 2.56 bits per heavy atom. The number of aromatic nitrogens is 5. The standard InChI is InChI=1S/C19H18ClN5O2/c1-4-5-10-23-17(26)15-16(22(3)19(23)27)21-18-24(15)11-12(2)25(18)14-8-6-13(20)7-9-14/h4-9,11H,10H2,1-3H3/b5-4+. The summed E-state index contributed by atoms with van der Waals surface area (Å²) in [6.07, 6.45) is 5.44. The van der Waals surface area contributed by atoms with Crippen LogP contribution in [0.15, 0.2) is 52.2 Å². The molecule has 0 fully saturated rings. The molecule has 0 aliphatic rings. The lowest BCUT2D eigenvalue weighted by molar-refractivity contribution is 0.666. The van der Waals surface area contributed by atoms with Gasteiger partial charge in [0.05, 0.1) is 0 Å². The van der Waals surface area contributed by atoms with Crippen molar-refractivity contribution in [2.45, 2.75) is 20.4 Å². The molecule has 7 nitrogen and oxygen atoms in total. The summed E-state index contributed by atoms with van der Waals surface area (Å²) in [5, 5.41) is 0.641. The highest BCUT2D eigenvalue weighted by atomic mass is 35.5. The Morgan fingerprint density at radius 2 is 1.89 bits per heavy atom. The topological polar surface area (TPSA) is 66.2 Å². The van der Waals surface area contributed by atoms with Gasteiger partial charge >= 0.3 is 5.69 Å². The van der Waals surface area contributed by atoms with Crippen LogP contribution in [0.25, 0.3) is 22.6 Å². The van der Waals surface area contributed by atoms with Crippen LogP contribution in [0.5, 0.6) is 0 Å². The molecule has 27 heavy (non-hydrogen) atoms. The SMILES string of the molecule is C/C=C/Cn1c(=O)c2c(nc3n(-c4ccc(Cl)cc4)c(C)cn23)n(C)c1=O. The van der Waals surface area contributed by atoms with Crippen molar-refractivity contribution in [2.24, 2.45) is 7.05 Å². The van der Waals surface area contributed by atoms with E-state index in [1.54, 1.807) is 29.7 Å². The normalized spacial score (nSPS) is 12.0. The van der Waals surface area contributed by atoms with Gasteiger partial charge in [0.25, 0.3) is 5.56 Å². The first kappa shape index (κ1) is 17.4. The van der Waals surface area contributed by atoms with Crippen molar-refractivity contribution in [3.8, 4) is 5.69 Å². The molecule has 0 bridgehead atoms. The third kappa shape index (κ3) is 2.54. The molecule has 1 aromatic carbocycles. The molecular formula is C19H18ClN5O2. The number of fused-ring (bicyclic) bond motifs is 3. The minimum absolute atomic E-state index is 0.224. The number of benzene rings is 1. The maximum Gasteiger partial charge on any atom is 0.332 e. The number of rotatable bonds is 3. The van der Waals surface area contributed by atoms with E-state index in [4.69, 9.17) is 11.6 Å². The van der Waals surface area contributed by atoms with Crippen LogP contribution >= 0.6 is 11.6 Å². The lowest BCUT2D eigenvalue weighted by Gasteiger charge is -2.06. The molecule has 0 spiro atoms. The molecule has 0 N–H and O–H groups in total. The second-order valence-corrected chi connectivity index (χ2v) is 6.80. The van der Waals surface area contributed by atoms with Crippen molar-refractivity contribution >= 4 is 28.5 Å². The summed E-state index contributed by atoms with van der Waals surface area (Å²) < 4.78 is 6.30. The monoisotopic (exact) mass is 383 g/mol. The third-order valence-electron chi connectivity index (χ3n) is 4.63. The van der Waals surface area contributed by atoms with E-state index in [1.165, 1.54) is 9.13 Å². The number of hydrogen-bond donors (Lipinski definition) is 0. The van der Waals surface area contributed by atoms with Crippen LogP contribution in [-0.2, 0) is 13.6 Å². The van der Waals surface area contributed by atoms with Gasteiger partial charge in [0.1, 0.15) is 0 Å². The zero-order valence-electron chi connectivity index (χ0n) is 15.2. The molecule has 4 aromatic rings.